The van der Waals surface area contributed by atoms with E-state index in [-0.39, 0.29) is 17.7 Å². The van der Waals surface area contributed by atoms with Crippen molar-refractivity contribution in [3.63, 3.8) is 0 Å². The van der Waals surface area contributed by atoms with Crippen LogP contribution in [-0.2, 0) is 16.0 Å². The van der Waals surface area contributed by atoms with Crippen LogP contribution in [-0.4, -0.2) is 31.0 Å². The van der Waals surface area contributed by atoms with Crippen molar-refractivity contribution in [1.29, 1.82) is 0 Å². The normalized spacial score (nSPS) is 18.1. The average molecular weight is 311 g/mol. The SMILES string of the molecule is CCNC(=O)[C@@H](C)NC(=O)[C@@H]1COc2ccc(Cl)cc2C1. The number of ether oxygens (including phenoxy) is 1. The number of benzene rings is 1. The average Bonchev–Trinajstić information content (AvgIpc) is 2.46. The van der Waals surface area contributed by atoms with Crippen LogP contribution in [0.2, 0.25) is 5.02 Å². The van der Waals surface area contributed by atoms with Gasteiger partial charge in [0.05, 0.1) is 5.92 Å². The molecule has 114 valence electrons. The van der Waals surface area contributed by atoms with Crippen molar-refractivity contribution in [2.24, 2.45) is 5.92 Å². The highest BCUT2D eigenvalue weighted by Gasteiger charge is 2.28. The summed E-state index contributed by atoms with van der Waals surface area (Å²) in [5.41, 5.74) is 0.916. The molecule has 0 saturated carbocycles. The Bertz CT molecular complexity index is 548. The van der Waals surface area contributed by atoms with Gasteiger partial charge in [0.25, 0.3) is 0 Å². The standard InChI is InChI=1S/C15H19ClN2O3/c1-3-17-14(19)9(2)18-15(20)11-6-10-7-12(16)4-5-13(10)21-8-11/h4-5,7,9,11H,3,6,8H2,1-2H3,(H,17,19)(H,18,20)/t9-,11+/m1/s1. The number of nitrogens with one attached hydrogen (secondary N) is 2. The second-order valence-electron chi connectivity index (χ2n) is 5.09. The summed E-state index contributed by atoms with van der Waals surface area (Å²) in [7, 11) is 0. The molecule has 0 radical (unpaired) electrons. The minimum Gasteiger partial charge on any atom is -0.492 e. The fourth-order valence-electron chi connectivity index (χ4n) is 2.26. The molecule has 2 amide bonds. The topological polar surface area (TPSA) is 67.4 Å². The highest BCUT2D eigenvalue weighted by molar-refractivity contribution is 6.30. The molecular formula is C15H19ClN2O3. The van der Waals surface area contributed by atoms with Gasteiger partial charge in [0.15, 0.2) is 0 Å². The molecule has 0 aromatic heterocycles. The van der Waals surface area contributed by atoms with Crippen LogP contribution >= 0.6 is 11.6 Å². The van der Waals surface area contributed by atoms with E-state index in [4.69, 9.17) is 16.3 Å². The van der Waals surface area contributed by atoms with Crippen molar-refractivity contribution in [2.45, 2.75) is 26.3 Å². The molecule has 21 heavy (non-hydrogen) atoms. The van der Waals surface area contributed by atoms with Gasteiger partial charge in [-0.2, -0.15) is 0 Å². The molecule has 0 spiro atoms. The summed E-state index contributed by atoms with van der Waals surface area (Å²) in [4.78, 5) is 23.8. The summed E-state index contributed by atoms with van der Waals surface area (Å²) in [6.45, 7) is 4.35. The summed E-state index contributed by atoms with van der Waals surface area (Å²) in [6, 6.07) is 4.82. The maximum absolute atomic E-state index is 12.2. The van der Waals surface area contributed by atoms with Gasteiger partial charge in [-0.25, -0.2) is 0 Å². The number of fused-ring (bicyclic) bond motifs is 1. The Labute approximate surface area is 129 Å². The quantitative estimate of drug-likeness (QED) is 0.886. The van der Waals surface area contributed by atoms with Gasteiger partial charge in [-0.1, -0.05) is 11.6 Å². The highest BCUT2D eigenvalue weighted by Crippen LogP contribution is 2.29. The van der Waals surface area contributed by atoms with E-state index in [2.05, 4.69) is 10.6 Å². The lowest BCUT2D eigenvalue weighted by Crippen LogP contribution is -2.48. The van der Waals surface area contributed by atoms with Crippen LogP contribution in [0.1, 0.15) is 19.4 Å². The number of hydrogen-bond donors (Lipinski definition) is 2. The van der Waals surface area contributed by atoms with Crippen LogP contribution in [0.15, 0.2) is 18.2 Å². The molecular weight excluding hydrogens is 292 g/mol. The zero-order valence-corrected chi connectivity index (χ0v) is 12.9. The Kier molecular flexibility index (Phi) is 5.07. The third-order valence-corrected chi connectivity index (χ3v) is 3.64. The first kappa shape index (κ1) is 15.6. The van der Waals surface area contributed by atoms with Gasteiger partial charge in [-0.05, 0) is 44.0 Å². The number of halogens is 1. The second kappa shape index (κ2) is 6.80. The van der Waals surface area contributed by atoms with Crippen molar-refractivity contribution in [3.05, 3.63) is 28.8 Å². The number of carbonyl (C=O) groups is 2. The first-order valence-corrected chi connectivity index (χ1v) is 7.38. The first-order valence-electron chi connectivity index (χ1n) is 7.00. The van der Waals surface area contributed by atoms with Gasteiger partial charge >= 0.3 is 0 Å². The summed E-state index contributed by atoms with van der Waals surface area (Å²) < 4.78 is 5.58. The van der Waals surface area contributed by atoms with E-state index >= 15 is 0 Å². The van der Waals surface area contributed by atoms with Crippen molar-refractivity contribution in [3.8, 4) is 5.75 Å². The van der Waals surface area contributed by atoms with Gasteiger partial charge in [-0.3, -0.25) is 9.59 Å². The first-order chi connectivity index (χ1) is 10.0. The maximum Gasteiger partial charge on any atom is 0.242 e. The molecule has 0 aliphatic carbocycles. The van der Waals surface area contributed by atoms with Crippen LogP contribution in [0, 0.1) is 5.92 Å². The predicted molar refractivity (Wildman–Crippen MR) is 80.4 cm³/mol. The van der Waals surface area contributed by atoms with E-state index in [0.717, 1.165) is 11.3 Å². The molecule has 2 N–H and O–H groups in total. The van der Waals surface area contributed by atoms with E-state index in [0.29, 0.717) is 24.6 Å². The molecule has 6 heteroatoms. The van der Waals surface area contributed by atoms with E-state index < -0.39 is 6.04 Å². The molecule has 1 heterocycles. The van der Waals surface area contributed by atoms with Gasteiger partial charge in [0, 0.05) is 11.6 Å². The Morgan fingerprint density at radius 2 is 2.24 bits per heavy atom. The largest absolute Gasteiger partial charge is 0.492 e. The highest BCUT2D eigenvalue weighted by atomic mass is 35.5. The monoisotopic (exact) mass is 310 g/mol. The Morgan fingerprint density at radius 1 is 1.48 bits per heavy atom. The van der Waals surface area contributed by atoms with Gasteiger partial charge in [0.2, 0.25) is 11.8 Å². The molecule has 2 atom stereocenters. The van der Waals surface area contributed by atoms with Crippen molar-refractivity contribution >= 4 is 23.4 Å². The minimum absolute atomic E-state index is 0.181. The number of likely N-dealkylation sites (N-methyl/N-ethyl adjacent to an activating group) is 1. The molecule has 5 nitrogen and oxygen atoms in total. The maximum atomic E-state index is 12.2. The van der Waals surface area contributed by atoms with Crippen LogP contribution in [0.4, 0.5) is 0 Å². The molecule has 2 rings (SSSR count). The van der Waals surface area contributed by atoms with E-state index in [1.54, 1.807) is 13.0 Å². The second-order valence-corrected chi connectivity index (χ2v) is 5.53. The fourth-order valence-corrected chi connectivity index (χ4v) is 2.45. The van der Waals surface area contributed by atoms with Crippen LogP contribution in [0.5, 0.6) is 5.75 Å². The summed E-state index contributed by atoms with van der Waals surface area (Å²) in [5.74, 6) is 0.0819. The molecule has 1 aromatic rings. The smallest absolute Gasteiger partial charge is 0.242 e. The number of amides is 2. The van der Waals surface area contributed by atoms with Crippen LogP contribution < -0.4 is 15.4 Å². The third-order valence-electron chi connectivity index (χ3n) is 3.40. The predicted octanol–water partition coefficient (Wildman–Crippen LogP) is 1.53. The molecule has 1 aromatic carbocycles. The van der Waals surface area contributed by atoms with E-state index in [1.807, 2.05) is 19.1 Å². The van der Waals surface area contributed by atoms with Gasteiger partial charge in [-0.15, -0.1) is 0 Å². The third kappa shape index (κ3) is 3.88. The van der Waals surface area contributed by atoms with Crippen LogP contribution in [0.25, 0.3) is 0 Å². The zero-order valence-electron chi connectivity index (χ0n) is 12.1. The molecule has 0 bridgehead atoms. The molecule has 1 aliphatic heterocycles. The zero-order chi connectivity index (χ0) is 15.4. The lowest BCUT2D eigenvalue weighted by molar-refractivity contribution is -0.131. The number of rotatable bonds is 4. The number of carbonyl (C=O) groups excluding carboxylic acids is 2. The van der Waals surface area contributed by atoms with Gasteiger partial charge in [0.1, 0.15) is 18.4 Å². The summed E-state index contributed by atoms with van der Waals surface area (Å²) in [5, 5.41) is 6.01. The summed E-state index contributed by atoms with van der Waals surface area (Å²) in [6.07, 6.45) is 0.559. The summed E-state index contributed by atoms with van der Waals surface area (Å²) >= 11 is 5.96. The molecule has 0 fully saturated rings. The molecule has 1 aliphatic rings. The minimum atomic E-state index is -0.557. The Balaban J connectivity index is 1.97. The lowest BCUT2D eigenvalue weighted by Gasteiger charge is -2.25. The van der Waals surface area contributed by atoms with E-state index in [1.165, 1.54) is 0 Å². The molecule has 0 saturated heterocycles. The Morgan fingerprint density at radius 3 is 2.95 bits per heavy atom. The molecule has 0 unspecified atom stereocenters. The van der Waals surface area contributed by atoms with Crippen molar-refractivity contribution in [2.75, 3.05) is 13.2 Å². The van der Waals surface area contributed by atoms with Crippen LogP contribution in [0.3, 0.4) is 0 Å². The Hall–Kier alpha value is -1.75. The van der Waals surface area contributed by atoms with E-state index in [9.17, 15) is 9.59 Å². The van der Waals surface area contributed by atoms with Crippen molar-refractivity contribution < 1.29 is 14.3 Å². The number of hydrogen-bond acceptors (Lipinski definition) is 3. The fraction of sp³-hybridized carbons (Fsp3) is 0.467. The lowest BCUT2D eigenvalue weighted by atomic mass is 9.96. The van der Waals surface area contributed by atoms with Gasteiger partial charge < -0.3 is 15.4 Å². The van der Waals surface area contributed by atoms with Crippen molar-refractivity contribution in [1.82, 2.24) is 10.6 Å².